The predicted molar refractivity (Wildman–Crippen MR) is 124 cm³/mol. The minimum Gasteiger partial charge on any atom is -0.368 e. The Hall–Kier alpha value is -3.71. The number of hydrogen-bond donors (Lipinski definition) is 3. The van der Waals surface area contributed by atoms with Crippen molar-refractivity contribution in [3.05, 3.63) is 83.7 Å². The number of pyridine rings is 1. The van der Waals surface area contributed by atoms with Crippen LogP contribution in [0.4, 0.5) is 8.78 Å². The maximum atomic E-state index is 13.6. The van der Waals surface area contributed by atoms with E-state index in [-0.39, 0.29) is 12.0 Å². The third-order valence-electron chi connectivity index (χ3n) is 5.10. The second-order valence-corrected chi connectivity index (χ2v) is 8.23. The van der Waals surface area contributed by atoms with E-state index in [1.54, 1.807) is 36.7 Å². The van der Waals surface area contributed by atoms with Gasteiger partial charge in [-0.25, -0.2) is 4.98 Å². The van der Waals surface area contributed by atoms with Crippen molar-refractivity contribution in [3.8, 4) is 11.4 Å². The van der Waals surface area contributed by atoms with E-state index in [1.165, 1.54) is 27.4 Å². The molecule has 0 radical (unpaired) electrons. The molecule has 1 unspecified atom stereocenters. The van der Waals surface area contributed by atoms with Gasteiger partial charge >= 0.3 is 0 Å². The van der Waals surface area contributed by atoms with Gasteiger partial charge in [-0.2, -0.15) is 8.78 Å². The van der Waals surface area contributed by atoms with Crippen LogP contribution in [-0.4, -0.2) is 32.8 Å². The Morgan fingerprint density at radius 3 is 2.58 bits per heavy atom. The van der Waals surface area contributed by atoms with Gasteiger partial charge in [0.2, 0.25) is 5.91 Å². The first-order valence-corrected chi connectivity index (χ1v) is 10.5. The number of amides is 2. The lowest BCUT2D eigenvalue weighted by Gasteiger charge is -2.17. The summed E-state index contributed by atoms with van der Waals surface area (Å²) in [6, 6.07) is 13.1. The maximum absolute atomic E-state index is 13.6. The quantitative estimate of drug-likeness (QED) is 0.362. The molecular formula is C23H20F2N5O2P. The van der Waals surface area contributed by atoms with Gasteiger partial charge in [-0.3, -0.25) is 14.6 Å². The normalized spacial score (nSPS) is 12.5. The van der Waals surface area contributed by atoms with Gasteiger partial charge in [-0.15, -0.1) is 0 Å². The SMILES string of the molecule is NC(=O)[C@@H](Cc1cccc(C(F)(F)P)c1)NC(=O)c1ccc2nc(-c3ccncc3)[nH]c2c1. The monoisotopic (exact) mass is 467 g/mol. The lowest BCUT2D eigenvalue weighted by atomic mass is 10.0. The standard InChI is InChI=1S/C23H20F2N5O2P/c24-23(25,33)16-3-1-2-13(10-16)11-19(20(26)31)30-22(32)15-4-5-17-18(12-15)29-21(28-17)14-6-8-27-9-7-14/h1-10,12,19H,11,33H2,(H2,26,31)(H,28,29)(H,30,32)/t19-/m1/s1. The highest BCUT2D eigenvalue weighted by molar-refractivity contribution is 7.17. The first-order chi connectivity index (χ1) is 15.7. The highest BCUT2D eigenvalue weighted by Crippen LogP contribution is 2.35. The average molecular weight is 467 g/mol. The summed E-state index contributed by atoms with van der Waals surface area (Å²) in [6.07, 6.45) is 3.29. The van der Waals surface area contributed by atoms with Gasteiger partial charge < -0.3 is 16.0 Å². The molecule has 0 bridgehead atoms. The summed E-state index contributed by atoms with van der Waals surface area (Å²) in [5.74, 6) is -0.659. The van der Waals surface area contributed by atoms with Crippen LogP contribution in [-0.2, 0) is 16.9 Å². The second kappa shape index (κ2) is 9.03. The summed E-state index contributed by atoms with van der Waals surface area (Å²) in [6.45, 7) is 0. The molecule has 2 atom stereocenters. The number of primary amides is 1. The summed E-state index contributed by atoms with van der Waals surface area (Å²) in [7, 11) is 1.47. The van der Waals surface area contributed by atoms with E-state index in [0.29, 0.717) is 28.0 Å². The minimum absolute atomic E-state index is 0.0197. The van der Waals surface area contributed by atoms with Crippen LogP contribution in [0.3, 0.4) is 0 Å². The van der Waals surface area contributed by atoms with E-state index < -0.39 is 23.5 Å². The van der Waals surface area contributed by atoms with Gasteiger partial charge in [-0.05, 0) is 42.0 Å². The fraction of sp³-hybridized carbons (Fsp3) is 0.130. The number of H-pyrrole nitrogens is 1. The van der Waals surface area contributed by atoms with Crippen molar-refractivity contribution < 1.29 is 18.4 Å². The Morgan fingerprint density at radius 1 is 1.12 bits per heavy atom. The van der Waals surface area contributed by atoms with Gasteiger partial charge in [0.15, 0.2) is 0 Å². The molecule has 7 nitrogen and oxygen atoms in total. The number of aromatic nitrogens is 3. The molecule has 168 valence electrons. The molecular weight excluding hydrogens is 447 g/mol. The minimum atomic E-state index is -3.10. The largest absolute Gasteiger partial charge is 0.368 e. The fourth-order valence-corrected chi connectivity index (χ4v) is 3.58. The van der Waals surface area contributed by atoms with Crippen LogP contribution in [0.15, 0.2) is 67.0 Å². The first-order valence-electron chi connectivity index (χ1n) is 9.97. The molecule has 4 aromatic rings. The van der Waals surface area contributed by atoms with Crippen molar-refractivity contribution in [1.82, 2.24) is 20.3 Å². The molecule has 4 rings (SSSR count). The third kappa shape index (κ3) is 5.21. The molecule has 10 heteroatoms. The van der Waals surface area contributed by atoms with Crippen LogP contribution in [0.25, 0.3) is 22.4 Å². The van der Waals surface area contributed by atoms with E-state index in [2.05, 4.69) is 20.3 Å². The Kier molecular flexibility index (Phi) is 6.16. The number of rotatable bonds is 7. The number of nitrogens with zero attached hydrogens (tertiary/aromatic N) is 2. The topological polar surface area (TPSA) is 114 Å². The number of aromatic amines is 1. The zero-order chi connectivity index (χ0) is 23.6. The van der Waals surface area contributed by atoms with Crippen molar-refractivity contribution in [2.24, 2.45) is 5.73 Å². The second-order valence-electron chi connectivity index (χ2n) is 7.51. The molecule has 0 aliphatic carbocycles. The summed E-state index contributed by atoms with van der Waals surface area (Å²) in [5.41, 5.74) is 5.05. The van der Waals surface area contributed by atoms with Gasteiger partial charge in [0, 0.05) is 35.5 Å². The Bertz CT molecular complexity index is 1320. The van der Waals surface area contributed by atoms with E-state index in [9.17, 15) is 18.4 Å². The molecule has 33 heavy (non-hydrogen) atoms. The van der Waals surface area contributed by atoms with Crippen LogP contribution in [0.5, 0.6) is 0 Å². The predicted octanol–water partition coefficient (Wildman–Crippen LogP) is 3.38. The fourth-order valence-electron chi connectivity index (χ4n) is 3.40. The molecule has 0 aliphatic heterocycles. The van der Waals surface area contributed by atoms with Crippen LogP contribution in [0, 0.1) is 0 Å². The van der Waals surface area contributed by atoms with Crippen LogP contribution < -0.4 is 11.1 Å². The van der Waals surface area contributed by atoms with E-state index in [1.807, 2.05) is 12.1 Å². The third-order valence-corrected chi connectivity index (χ3v) is 5.43. The average Bonchev–Trinajstić information content (AvgIpc) is 3.22. The van der Waals surface area contributed by atoms with Crippen molar-refractivity contribution in [2.45, 2.75) is 18.1 Å². The number of hydrogen-bond acceptors (Lipinski definition) is 4. The van der Waals surface area contributed by atoms with Crippen molar-refractivity contribution in [3.63, 3.8) is 0 Å². The zero-order valence-electron chi connectivity index (χ0n) is 17.3. The van der Waals surface area contributed by atoms with Crippen molar-refractivity contribution in [1.29, 1.82) is 0 Å². The Morgan fingerprint density at radius 2 is 1.88 bits per heavy atom. The summed E-state index contributed by atoms with van der Waals surface area (Å²) in [4.78, 5) is 36.4. The molecule has 4 N–H and O–H groups in total. The number of imidazole rings is 1. The molecule has 0 saturated carbocycles. The molecule has 0 fully saturated rings. The van der Waals surface area contributed by atoms with Crippen molar-refractivity contribution in [2.75, 3.05) is 0 Å². The summed E-state index contributed by atoms with van der Waals surface area (Å²) >= 11 is 0. The van der Waals surface area contributed by atoms with Gasteiger partial charge in [-0.1, -0.05) is 27.4 Å². The van der Waals surface area contributed by atoms with E-state index >= 15 is 0 Å². The van der Waals surface area contributed by atoms with Crippen LogP contribution in [0.2, 0.25) is 0 Å². The Balaban J connectivity index is 1.53. The number of carbonyl (C=O) groups excluding carboxylic acids is 2. The molecule has 2 aromatic heterocycles. The number of alkyl halides is 2. The van der Waals surface area contributed by atoms with Crippen LogP contribution in [0.1, 0.15) is 21.5 Å². The molecule has 0 aliphatic rings. The van der Waals surface area contributed by atoms with Crippen molar-refractivity contribution >= 4 is 32.1 Å². The molecule has 2 amide bonds. The summed E-state index contributed by atoms with van der Waals surface area (Å²) in [5, 5.41) is 2.59. The highest BCUT2D eigenvalue weighted by atomic mass is 31.0. The maximum Gasteiger partial charge on any atom is 0.283 e. The number of halogens is 2. The van der Waals surface area contributed by atoms with E-state index in [0.717, 1.165) is 5.56 Å². The number of benzene rings is 2. The molecule has 2 aromatic carbocycles. The van der Waals surface area contributed by atoms with Crippen LogP contribution >= 0.6 is 9.24 Å². The van der Waals surface area contributed by atoms with E-state index in [4.69, 9.17) is 5.73 Å². The van der Waals surface area contributed by atoms with Gasteiger partial charge in [0.05, 0.1) is 11.0 Å². The Labute approximate surface area is 190 Å². The number of nitrogens with two attached hydrogens (primary N) is 1. The first kappa shape index (κ1) is 22.5. The smallest absolute Gasteiger partial charge is 0.283 e. The molecule has 0 spiro atoms. The lowest BCUT2D eigenvalue weighted by molar-refractivity contribution is -0.119. The summed E-state index contributed by atoms with van der Waals surface area (Å²) < 4.78 is 27.2. The number of nitrogens with one attached hydrogen (secondary N) is 2. The lowest BCUT2D eigenvalue weighted by Crippen LogP contribution is -2.45. The number of carbonyl (C=O) groups is 2. The number of fused-ring (bicyclic) bond motifs is 1. The molecule has 2 heterocycles. The van der Waals surface area contributed by atoms with Gasteiger partial charge in [0.25, 0.3) is 11.6 Å². The highest BCUT2D eigenvalue weighted by Gasteiger charge is 2.26. The zero-order valence-corrected chi connectivity index (χ0v) is 18.4. The molecule has 0 saturated heterocycles. The van der Waals surface area contributed by atoms with Gasteiger partial charge in [0.1, 0.15) is 11.9 Å².